The van der Waals surface area contributed by atoms with Crippen LogP contribution in [0.3, 0.4) is 0 Å². The molecule has 1 saturated heterocycles. The molecule has 1 atom stereocenters. The van der Waals surface area contributed by atoms with Gasteiger partial charge in [0.2, 0.25) is 11.8 Å². The Morgan fingerprint density at radius 3 is 2.50 bits per heavy atom. The molecule has 0 radical (unpaired) electrons. The lowest BCUT2D eigenvalue weighted by atomic mass is 10.1. The number of rotatable bonds is 4. The number of carbonyl (C=O) groups excluding carboxylic acids is 1. The summed E-state index contributed by atoms with van der Waals surface area (Å²) in [7, 11) is 1.54. The van der Waals surface area contributed by atoms with Crippen molar-refractivity contribution >= 4 is 5.91 Å². The summed E-state index contributed by atoms with van der Waals surface area (Å²) in [6.45, 7) is 3.32. The first-order valence-corrected chi connectivity index (χ1v) is 8.06. The van der Waals surface area contributed by atoms with Gasteiger partial charge in [-0.1, -0.05) is 17.7 Å². The monoisotopic (exact) mass is 327 g/mol. The molecule has 1 aliphatic heterocycles. The van der Waals surface area contributed by atoms with Gasteiger partial charge in [-0.3, -0.25) is 4.79 Å². The van der Waals surface area contributed by atoms with Crippen molar-refractivity contribution < 1.29 is 14.3 Å². The number of aryl methyl sites for hydroxylation is 1. The average Bonchev–Trinajstić information content (AvgIpc) is 2.63. The summed E-state index contributed by atoms with van der Waals surface area (Å²) in [5.41, 5.74) is 1.86. The van der Waals surface area contributed by atoms with Crippen molar-refractivity contribution in [2.24, 2.45) is 0 Å². The number of nitrogens with zero attached hydrogens (tertiary/aromatic N) is 3. The zero-order chi connectivity index (χ0) is 16.9. The van der Waals surface area contributed by atoms with Gasteiger partial charge >= 0.3 is 0 Å². The topological polar surface area (TPSA) is 64.6 Å². The van der Waals surface area contributed by atoms with Gasteiger partial charge in [0.15, 0.2) is 0 Å². The molecule has 0 saturated carbocycles. The van der Waals surface area contributed by atoms with Crippen LogP contribution in [-0.2, 0) is 0 Å². The number of hydrogen-bond acceptors (Lipinski definition) is 5. The standard InChI is InChI=1S/C18H21N3O3/c1-13-5-7-14(8-6-13)18(22)21-11-3-4-15(12-21)24-17-10-9-16(23-2)19-20-17/h5-10,15H,3-4,11-12H2,1-2H3. The van der Waals surface area contributed by atoms with Gasteiger partial charge in [0.1, 0.15) is 6.10 Å². The summed E-state index contributed by atoms with van der Waals surface area (Å²) in [6, 6.07) is 11.1. The second kappa shape index (κ2) is 7.29. The van der Waals surface area contributed by atoms with Crippen molar-refractivity contribution in [2.75, 3.05) is 20.2 Å². The van der Waals surface area contributed by atoms with Gasteiger partial charge in [-0.25, -0.2) is 0 Å². The summed E-state index contributed by atoms with van der Waals surface area (Å²) in [4.78, 5) is 14.5. The lowest BCUT2D eigenvalue weighted by molar-refractivity contribution is 0.0525. The maximum Gasteiger partial charge on any atom is 0.253 e. The van der Waals surface area contributed by atoms with Crippen LogP contribution in [0.4, 0.5) is 0 Å². The van der Waals surface area contributed by atoms with Crippen LogP contribution < -0.4 is 9.47 Å². The Morgan fingerprint density at radius 1 is 1.12 bits per heavy atom. The lowest BCUT2D eigenvalue weighted by Gasteiger charge is -2.32. The molecule has 126 valence electrons. The largest absolute Gasteiger partial charge is 0.480 e. The molecule has 1 aliphatic rings. The molecule has 0 bridgehead atoms. The Morgan fingerprint density at radius 2 is 1.83 bits per heavy atom. The molecule has 1 amide bonds. The molecule has 0 spiro atoms. The molecule has 1 fully saturated rings. The lowest BCUT2D eigenvalue weighted by Crippen LogP contribution is -2.44. The number of benzene rings is 1. The first kappa shape index (κ1) is 16.2. The predicted octanol–water partition coefficient (Wildman–Crippen LogP) is 2.48. The Bertz CT molecular complexity index is 686. The smallest absolute Gasteiger partial charge is 0.253 e. The minimum absolute atomic E-state index is 0.0455. The molecule has 6 nitrogen and oxygen atoms in total. The van der Waals surface area contributed by atoms with Crippen molar-refractivity contribution in [2.45, 2.75) is 25.9 Å². The fraction of sp³-hybridized carbons (Fsp3) is 0.389. The SMILES string of the molecule is COc1ccc(OC2CCCN(C(=O)c3ccc(C)cc3)C2)nn1. The van der Waals surface area contributed by atoms with Crippen LogP contribution in [0.15, 0.2) is 36.4 Å². The minimum atomic E-state index is -0.0733. The fourth-order valence-electron chi connectivity index (χ4n) is 2.75. The summed E-state index contributed by atoms with van der Waals surface area (Å²) in [5.74, 6) is 0.941. The molecule has 24 heavy (non-hydrogen) atoms. The van der Waals surface area contributed by atoms with Crippen LogP contribution >= 0.6 is 0 Å². The van der Waals surface area contributed by atoms with Crippen molar-refractivity contribution in [3.8, 4) is 11.8 Å². The van der Waals surface area contributed by atoms with Crippen molar-refractivity contribution in [3.05, 3.63) is 47.5 Å². The van der Waals surface area contributed by atoms with E-state index in [9.17, 15) is 4.79 Å². The van der Waals surface area contributed by atoms with Gasteiger partial charge in [0.05, 0.1) is 13.7 Å². The molecule has 2 heterocycles. The Labute approximate surface area is 141 Å². The van der Waals surface area contributed by atoms with E-state index in [2.05, 4.69) is 10.2 Å². The molecule has 3 rings (SSSR count). The number of aromatic nitrogens is 2. The van der Waals surface area contributed by atoms with Gasteiger partial charge < -0.3 is 14.4 Å². The average molecular weight is 327 g/mol. The van der Waals surface area contributed by atoms with Crippen LogP contribution in [0.5, 0.6) is 11.8 Å². The second-order valence-electron chi connectivity index (χ2n) is 5.91. The third-order valence-corrected chi connectivity index (χ3v) is 4.08. The van der Waals surface area contributed by atoms with E-state index in [-0.39, 0.29) is 12.0 Å². The molecule has 0 N–H and O–H groups in total. The molecule has 2 aromatic rings. The van der Waals surface area contributed by atoms with Crippen LogP contribution in [0, 0.1) is 6.92 Å². The van der Waals surface area contributed by atoms with E-state index in [1.54, 1.807) is 19.2 Å². The first-order chi connectivity index (χ1) is 11.7. The fourth-order valence-corrected chi connectivity index (χ4v) is 2.75. The molecule has 1 unspecified atom stereocenters. The second-order valence-corrected chi connectivity index (χ2v) is 5.91. The van der Waals surface area contributed by atoms with Crippen LogP contribution in [-0.4, -0.2) is 47.3 Å². The van der Waals surface area contributed by atoms with Gasteiger partial charge in [-0.15, -0.1) is 10.2 Å². The Kier molecular flexibility index (Phi) is 4.93. The Balaban J connectivity index is 1.63. The summed E-state index contributed by atoms with van der Waals surface area (Å²) >= 11 is 0. The highest BCUT2D eigenvalue weighted by Gasteiger charge is 2.26. The number of ether oxygens (including phenoxy) is 2. The van der Waals surface area contributed by atoms with Crippen molar-refractivity contribution in [1.82, 2.24) is 15.1 Å². The first-order valence-electron chi connectivity index (χ1n) is 8.06. The van der Waals surface area contributed by atoms with Crippen LogP contribution in [0.1, 0.15) is 28.8 Å². The number of carbonyl (C=O) groups is 1. The van der Waals surface area contributed by atoms with E-state index in [0.29, 0.717) is 23.9 Å². The zero-order valence-electron chi connectivity index (χ0n) is 13.9. The Hall–Kier alpha value is -2.63. The van der Waals surface area contributed by atoms with E-state index in [4.69, 9.17) is 9.47 Å². The number of piperidine rings is 1. The molecular weight excluding hydrogens is 306 g/mol. The maximum atomic E-state index is 12.6. The van der Waals surface area contributed by atoms with Crippen LogP contribution in [0.25, 0.3) is 0 Å². The summed E-state index contributed by atoms with van der Waals surface area (Å²) in [6.07, 6.45) is 1.73. The zero-order valence-corrected chi connectivity index (χ0v) is 13.9. The third kappa shape index (κ3) is 3.82. The number of likely N-dealkylation sites (tertiary alicyclic amines) is 1. The van der Waals surface area contributed by atoms with Crippen molar-refractivity contribution in [3.63, 3.8) is 0 Å². The number of hydrogen-bond donors (Lipinski definition) is 0. The van der Waals surface area contributed by atoms with Gasteiger partial charge in [0, 0.05) is 24.2 Å². The van der Waals surface area contributed by atoms with E-state index in [1.165, 1.54) is 0 Å². The van der Waals surface area contributed by atoms with E-state index in [0.717, 1.165) is 24.9 Å². The highest BCUT2D eigenvalue weighted by Crippen LogP contribution is 2.19. The highest BCUT2D eigenvalue weighted by molar-refractivity contribution is 5.94. The minimum Gasteiger partial charge on any atom is -0.480 e. The van der Waals surface area contributed by atoms with Gasteiger partial charge in [-0.2, -0.15) is 0 Å². The van der Waals surface area contributed by atoms with Crippen LogP contribution in [0.2, 0.25) is 0 Å². The molecule has 0 aliphatic carbocycles. The quantitative estimate of drug-likeness (QED) is 0.863. The molecule has 6 heteroatoms. The van der Waals surface area contributed by atoms with E-state index >= 15 is 0 Å². The number of amides is 1. The van der Waals surface area contributed by atoms with E-state index in [1.807, 2.05) is 36.1 Å². The maximum absolute atomic E-state index is 12.6. The highest BCUT2D eigenvalue weighted by atomic mass is 16.5. The predicted molar refractivity (Wildman–Crippen MR) is 89.3 cm³/mol. The van der Waals surface area contributed by atoms with Gasteiger partial charge in [-0.05, 0) is 31.9 Å². The van der Waals surface area contributed by atoms with Gasteiger partial charge in [0.25, 0.3) is 5.91 Å². The molecular formula is C18H21N3O3. The van der Waals surface area contributed by atoms with Crippen molar-refractivity contribution in [1.29, 1.82) is 0 Å². The summed E-state index contributed by atoms with van der Waals surface area (Å²) < 4.78 is 10.9. The normalized spacial score (nSPS) is 17.4. The third-order valence-electron chi connectivity index (χ3n) is 4.08. The summed E-state index contributed by atoms with van der Waals surface area (Å²) in [5, 5.41) is 7.88. The molecule has 1 aromatic heterocycles. The van der Waals surface area contributed by atoms with E-state index < -0.39 is 0 Å². The number of methoxy groups -OCH3 is 1. The molecule has 1 aromatic carbocycles.